The summed E-state index contributed by atoms with van der Waals surface area (Å²) in [6, 6.07) is 7.72. The summed E-state index contributed by atoms with van der Waals surface area (Å²) in [7, 11) is 1.61. The monoisotopic (exact) mass is 237 g/mol. The van der Waals surface area contributed by atoms with Crippen molar-refractivity contribution >= 4 is 11.8 Å². The molecule has 0 saturated carbocycles. The fourth-order valence-electron chi connectivity index (χ4n) is 1.56. The van der Waals surface area contributed by atoms with E-state index in [1.165, 1.54) is 0 Å². The molecule has 94 valence electrons. The smallest absolute Gasteiger partial charge is 0.414 e. The molecule has 0 spiro atoms. The van der Waals surface area contributed by atoms with E-state index in [2.05, 4.69) is 0 Å². The Morgan fingerprint density at radius 3 is 2.65 bits per heavy atom. The molecule has 0 atom stereocenters. The first-order chi connectivity index (χ1) is 8.20. The molecule has 0 radical (unpaired) electrons. The summed E-state index contributed by atoms with van der Waals surface area (Å²) in [5.74, 6) is 0. The second-order valence-corrected chi connectivity index (χ2v) is 3.63. The molecular weight excluding hydrogens is 218 g/mol. The third-order valence-electron chi connectivity index (χ3n) is 2.41. The first kappa shape index (κ1) is 13.5. The van der Waals surface area contributed by atoms with Crippen LogP contribution in [-0.4, -0.2) is 33.0 Å². The number of carbonyl (C=O) groups excluding carboxylic acids is 1. The SMILES string of the molecule is CCOC(=O)N(CCOC)c1ccccc1C. The second-order valence-electron chi connectivity index (χ2n) is 3.63. The number of para-hydroxylation sites is 1. The van der Waals surface area contributed by atoms with Gasteiger partial charge in [-0.3, -0.25) is 4.90 Å². The van der Waals surface area contributed by atoms with Gasteiger partial charge >= 0.3 is 6.09 Å². The van der Waals surface area contributed by atoms with Gasteiger partial charge in [-0.2, -0.15) is 0 Å². The number of hydrogen-bond donors (Lipinski definition) is 0. The van der Waals surface area contributed by atoms with E-state index < -0.39 is 0 Å². The van der Waals surface area contributed by atoms with E-state index in [9.17, 15) is 4.79 Å². The van der Waals surface area contributed by atoms with E-state index in [0.29, 0.717) is 19.8 Å². The Bertz CT molecular complexity index is 365. The molecule has 0 heterocycles. The van der Waals surface area contributed by atoms with E-state index in [0.717, 1.165) is 11.3 Å². The Balaban J connectivity index is 2.89. The van der Waals surface area contributed by atoms with Crippen molar-refractivity contribution in [3.8, 4) is 0 Å². The van der Waals surface area contributed by atoms with Gasteiger partial charge in [0.1, 0.15) is 0 Å². The zero-order valence-corrected chi connectivity index (χ0v) is 10.6. The number of anilines is 1. The van der Waals surface area contributed by atoms with Crippen LogP contribution in [0.15, 0.2) is 24.3 Å². The number of rotatable bonds is 5. The number of methoxy groups -OCH3 is 1. The highest BCUT2D eigenvalue weighted by Crippen LogP contribution is 2.19. The summed E-state index contributed by atoms with van der Waals surface area (Å²) in [5.41, 5.74) is 1.90. The minimum Gasteiger partial charge on any atom is -0.449 e. The maximum Gasteiger partial charge on any atom is 0.414 e. The van der Waals surface area contributed by atoms with Crippen molar-refractivity contribution in [3.05, 3.63) is 29.8 Å². The molecule has 1 amide bonds. The lowest BCUT2D eigenvalue weighted by Crippen LogP contribution is -2.34. The van der Waals surface area contributed by atoms with Crippen LogP contribution < -0.4 is 4.90 Å². The summed E-state index contributed by atoms with van der Waals surface area (Å²) >= 11 is 0. The highest BCUT2D eigenvalue weighted by atomic mass is 16.6. The van der Waals surface area contributed by atoms with Crippen LogP contribution in [0.5, 0.6) is 0 Å². The number of ether oxygens (including phenoxy) is 2. The van der Waals surface area contributed by atoms with Crippen molar-refractivity contribution in [2.75, 3.05) is 31.8 Å². The summed E-state index contributed by atoms with van der Waals surface area (Å²) in [6.07, 6.45) is -0.334. The summed E-state index contributed by atoms with van der Waals surface area (Å²) < 4.78 is 10.1. The minimum atomic E-state index is -0.334. The third kappa shape index (κ3) is 3.75. The largest absolute Gasteiger partial charge is 0.449 e. The molecule has 17 heavy (non-hydrogen) atoms. The fourth-order valence-corrected chi connectivity index (χ4v) is 1.56. The Hall–Kier alpha value is -1.55. The highest BCUT2D eigenvalue weighted by molar-refractivity contribution is 5.88. The Morgan fingerprint density at radius 1 is 1.35 bits per heavy atom. The van der Waals surface area contributed by atoms with Crippen LogP contribution in [0.3, 0.4) is 0 Å². The molecule has 0 bridgehead atoms. The van der Waals surface area contributed by atoms with Gasteiger partial charge in [-0.25, -0.2) is 4.79 Å². The summed E-state index contributed by atoms with van der Waals surface area (Å²) in [6.45, 7) is 5.10. The van der Waals surface area contributed by atoms with E-state index >= 15 is 0 Å². The maximum atomic E-state index is 11.8. The lowest BCUT2D eigenvalue weighted by atomic mass is 10.2. The van der Waals surface area contributed by atoms with Gasteiger partial charge in [0.15, 0.2) is 0 Å². The lowest BCUT2D eigenvalue weighted by Gasteiger charge is -2.23. The summed E-state index contributed by atoms with van der Waals surface area (Å²) in [4.78, 5) is 13.4. The van der Waals surface area contributed by atoms with E-state index in [1.807, 2.05) is 31.2 Å². The second kappa shape index (κ2) is 6.91. The van der Waals surface area contributed by atoms with Crippen molar-refractivity contribution in [1.29, 1.82) is 0 Å². The van der Waals surface area contributed by atoms with Gasteiger partial charge in [0.05, 0.1) is 25.4 Å². The molecule has 4 nitrogen and oxygen atoms in total. The topological polar surface area (TPSA) is 38.8 Å². The number of amides is 1. The van der Waals surface area contributed by atoms with Gasteiger partial charge in [0, 0.05) is 7.11 Å². The van der Waals surface area contributed by atoms with E-state index in [-0.39, 0.29) is 6.09 Å². The number of carbonyl (C=O) groups is 1. The van der Waals surface area contributed by atoms with Crippen LogP contribution in [0.4, 0.5) is 10.5 Å². The zero-order chi connectivity index (χ0) is 12.7. The number of aryl methyl sites for hydroxylation is 1. The van der Waals surface area contributed by atoms with Gasteiger partial charge in [0.25, 0.3) is 0 Å². The standard InChI is InChI=1S/C13H19NO3/c1-4-17-13(15)14(9-10-16-3)12-8-6-5-7-11(12)2/h5-8H,4,9-10H2,1-3H3. The summed E-state index contributed by atoms with van der Waals surface area (Å²) in [5, 5.41) is 0. The Labute approximate surface area is 102 Å². The van der Waals surface area contributed by atoms with E-state index in [4.69, 9.17) is 9.47 Å². The molecule has 0 saturated heterocycles. The van der Waals surface area contributed by atoms with Gasteiger partial charge < -0.3 is 9.47 Å². The molecule has 0 fully saturated rings. The molecular formula is C13H19NO3. The first-order valence-corrected chi connectivity index (χ1v) is 5.69. The lowest BCUT2D eigenvalue weighted by molar-refractivity contribution is 0.154. The number of benzene rings is 1. The molecule has 4 heteroatoms. The van der Waals surface area contributed by atoms with Crippen molar-refractivity contribution in [2.45, 2.75) is 13.8 Å². The van der Waals surface area contributed by atoms with Gasteiger partial charge in [-0.05, 0) is 25.5 Å². The van der Waals surface area contributed by atoms with Gasteiger partial charge in [0.2, 0.25) is 0 Å². The average molecular weight is 237 g/mol. The molecule has 0 unspecified atom stereocenters. The third-order valence-corrected chi connectivity index (χ3v) is 2.41. The normalized spacial score (nSPS) is 10.1. The molecule has 0 aliphatic rings. The molecule has 0 aromatic heterocycles. The van der Waals surface area contributed by atoms with Crippen LogP contribution in [0.1, 0.15) is 12.5 Å². The Kier molecular flexibility index (Phi) is 5.49. The van der Waals surface area contributed by atoms with Crippen molar-refractivity contribution in [3.63, 3.8) is 0 Å². The average Bonchev–Trinajstić information content (AvgIpc) is 2.32. The van der Waals surface area contributed by atoms with Crippen LogP contribution in [0.2, 0.25) is 0 Å². The predicted molar refractivity (Wildman–Crippen MR) is 67.4 cm³/mol. The molecule has 1 rings (SSSR count). The van der Waals surface area contributed by atoms with E-state index in [1.54, 1.807) is 18.9 Å². The van der Waals surface area contributed by atoms with Crippen molar-refractivity contribution < 1.29 is 14.3 Å². The predicted octanol–water partition coefficient (Wildman–Crippen LogP) is 2.60. The minimum absolute atomic E-state index is 0.334. The zero-order valence-electron chi connectivity index (χ0n) is 10.6. The van der Waals surface area contributed by atoms with Gasteiger partial charge in [-0.1, -0.05) is 18.2 Å². The van der Waals surface area contributed by atoms with Gasteiger partial charge in [-0.15, -0.1) is 0 Å². The van der Waals surface area contributed by atoms with Crippen LogP contribution in [0.25, 0.3) is 0 Å². The first-order valence-electron chi connectivity index (χ1n) is 5.69. The van der Waals surface area contributed by atoms with Crippen molar-refractivity contribution in [2.24, 2.45) is 0 Å². The Morgan fingerprint density at radius 2 is 2.06 bits per heavy atom. The highest BCUT2D eigenvalue weighted by Gasteiger charge is 2.17. The maximum absolute atomic E-state index is 11.8. The molecule has 0 N–H and O–H groups in total. The van der Waals surface area contributed by atoms with Crippen LogP contribution >= 0.6 is 0 Å². The van der Waals surface area contributed by atoms with Crippen LogP contribution in [-0.2, 0) is 9.47 Å². The molecule has 1 aromatic carbocycles. The van der Waals surface area contributed by atoms with Crippen molar-refractivity contribution in [1.82, 2.24) is 0 Å². The van der Waals surface area contributed by atoms with Crippen LogP contribution in [0, 0.1) is 6.92 Å². The number of hydrogen-bond acceptors (Lipinski definition) is 3. The molecule has 1 aromatic rings. The molecule has 0 aliphatic carbocycles. The fraction of sp³-hybridized carbons (Fsp3) is 0.462. The quantitative estimate of drug-likeness (QED) is 0.790. The molecule has 0 aliphatic heterocycles. The number of nitrogens with zero attached hydrogens (tertiary/aromatic N) is 1.